The molecule has 5 heteroatoms. The van der Waals surface area contributed by atoms with Crippen molar-refractivity contribution in [1.82, 2.24) is 0 Å². The molecule has 0 heterocycles. The van der Waals surface area contributed by atoms with Crippen LogP contribution in [0, 0.1) is 11.3 Å². The summed E-state index contributed by atoms with van der Waals surface area (Å²) in [6, 6.07) is 20.7. The van der Waals surface area contributed by atoms with Gasteiger partial charge in [0.1, 0.15) is 5.41 Å². The van der Waals surface area contributed by atoms with Gasteiger partial charge in [-0.25, -0.2) is 0 Å². The van der Waals surface area contributed by atoms with Crippen LogP contribution < -0.4 is 0 Å². The molecule has 102 valence electrons. The molecule has 0 atom stereocenters. The van der Waals surface area contributed by atoms with E-state index in [9.17, 15) is 5.26 Å². The van der Waals surface area contributed by atoms with Crippen LogP contribution in [0.15, 0.2) is 60.7 Å². The Balaban J connectivity index is 2.50. The van der Waals surface area contributed by atoms with Gasteiger partial charge in [0, 0.05) is 0 Å². The summed E-state index contributed by atoms with van der Waals surface area (Å²) in [6.07, 6.45) is 0. The standard InChI is InChI=1S/C15H14NO3P/c16-11-15(12-19-20(17)18,13-7-3-1-4-8-13)14-9-5-2-6-10-14/h1-10,17-18H,12H2. The van der Waals surface area contributed by atoms with Gasteiger partial charge in [0.05, 0.1) is 12.7 Å². The SMILES string of the molecule is N#CC(COP(O)O)(c1ccccc1)c1ccccc1. The van der Waals surface area contributed by atoms with Crippen LogP contribution in [0.3, 0.4) is 0 Å². The Kier molecular flexibility index (Phi) is 4.84. The van der Waals surface area contributed by atoms with Crippen molar-refractivity contribution >= 4 is 8.60 Å². The van der Waals surface area contributed by atoms with Gasteiger partial charge >= 0.3 is 8.60 Å². The molecule has 2 rings (SSSR count). The van der Waals surface area contributed by atoms with E-state index >= 15 is 0 Å². The minimum atomic E-state index is -2.50. The molecule has 2 N–H and O–H groups in total. The molecule has 0 radical (unpaired) electrons. The lowest BCUT2D eigenvalue weighted by molar-refractivity contribution is 0.228. The summed E-state index contributed by atoms with van der Waals surface area (Å²) in [4.78, 5) is 18.0. The quantitative estimate of drug-likeness (QED) is 0.829. The molecule has 0 unspecified atom stereocenters. The molecule has 0 bridgehead atoms. The molecule has 0 amide bonds. The van der Waals surface area contributed by atoms with Crippen LogP contribution in [0.2, 0.25) is 0 Å². The van der Waals surface area contributed by atoms with E-state index in [1.54, 1.807) is 0 Å². The molecule has 0 aromatic heterocycles. The predicted octanol–water partition coefficient (Wildman–Crippen LogP) is 2.72. The molecular weight excluding hydrogens is 273 g/mol. The molecule has 0 saturated heterocycles. The number of hydrogen-bond donors (Lipinski definition) is 2. The number of hydrogen-bond acceptors (Lipinski definition) is 4. The van der Waals surface area contributed by atoms with Crippen molar-refractivity contribution in [3.8, 4) is 6.07 Å². The lowest BCUT2D eigenvalue weighted by Crippen LogP contribution is -2.31. The number of nitriles is 1. The van der Waals surface area contributed by atoms with E-state index < -0.39 is 14.0 Å². The largest absolute Gasteiger partial charge is 0.328 e. The highest BCUT2D eigenvalue weighted by Crippen LogP contribution is 2.36. The molecule has 20 heavy (non-hydrogen) atoms. The van der Waals surface area contributed by atoms with Crippen molar-refractivity contribution in [2.75, 3.05) is 6.61 Å². The topological polar surface area (TPSA) is 73.5 Å². The summed E-state index contributed by atoms with van der Waals surface area (Å²) in [7, 11) is -2.50. The average molecular weight is 287 g/mol. The molecule has 0 spiro atoms. The molecule has 0 aliphatic rings. The van der Waals surface area contributed by atoms with Crippen molar-refractivity contribution in [2.24, 2.45) is 0 Å². The number of benzene rings is 2. The molecule has 0 aliphatic carbocycles. The van der Waals surface area contributed by atoms with E-state index in [0.29, 0.717) is 0 Å². The van der Waals surface area contributed by atoms with Gasteiger partial charge in [-0.3, -0.25) is 0 Å². The van der Waals surface area contributed by atoms with E-state index in [-0.39, 0.29) is 6.61 Å². The van der Waals surface area contributed by atoms with Gasteiger partial charge in [-0.05, 0) is 11.1 Å². The van der Waals surface area contributed by atoms with Gasteiger partial charge < -0.3 is 14.3 Å². The molecular formula is C15H14NO3P. The second-order valence-electron chi connectivity index (χ2n) is 4.28. The third-order valence-corrected chi connectivity index (χ3v) is 3.48. The average Bonchev–Trinajstić information content (AvgIpc) is 2.50. The summed E-state index contributed by atoms with van der Waals surface area (Å²) in [6.45, 7) is -0.115. The first-order chi connectivity index (χ1) is 9.69. The van der Waals surface area contributed by atoms with Crippen molar-refractivity contribution in [2.45, 2.75) is 5.41 Å². The lowest BCUT2D eigenvalue weighted by Gasteiger charge is -2.27. The van der Waals surface area contributed by atoms with Crippen molar-refractivity contribution in [1.29, 1.82) is 5.26 Å². The van der Waals surface area contributed by atoms with Crippen LogP contribution in [0.4, 0.5) is 0 Å². The fourth-order valence-electron chi connectivity index (χ4n) is 2.09. The number of nitrogens with zero attached hydrogens (tertiary/aromatic N) is 1. The van der Waals surface area contributed by atoms with Crippen molar-refractivity contribution in [3.63, 3.8) is 0 Å². The second kappa shape index (κ2) is 6.60. The normalized spacial score (nSPS) is 11.3. The van der Waals surface area contributed by atoms with E-state index in [0.717, 1.165) is 11.1 Å². The summed E-state index contributed by atoms with van der Waals surface area (Å²) in [5.41, 5.74) is 0.449. The van der Waals surface area contributed by atoms with Gasteiger partial charge in [0.2, 0.25) is 0 Å². The fourth-order valence-corrected chi connectivity index (χ4v) is 2.40. The summed E-state index contributed by atoms with van der Waals surface area (Å²) >= 11 is 0. The van der Waals surface area contributed by atoms with E-state index in [4.69, 9.17) is 14.3 Å². The summed E-state index contributed by atoms with van der Waals surface area (Å²) < 4.78 is 4.96. The lowest BCUT2D eigenvalue weighted by atomic mass is 9.76. The zero-order chi connectivity index (χ0) is 14.4. The molecule has 2 aromatic carbocycles. The Labute approximate surface area is 118 Å². The highest BCUT2D eigenvalue weighted by Gasteiger charge is 2.35. The smallest absolute Gasteiger partial charge is 0.327 e. The maximum Gasteiger partial charge on any atom is 0.327 e. The van der Waals surface area contributed by atoms with Gasteiger partial charge in [0.15, 0.2) is 0 Å². The number of rotatable bonds is 5. The Hall–Kier alpha value is -1.76. The van der Waals surface area contributed by atoms with Crippen LogP contribution in [0.5, 0.6) is 0 Å². The molecule has 0 aliphatic heterocycles. The Morgan fingerprint density at radius 3 is 1.75 bits per heavy atom. The second-order valence-corrected chi connectivity index (χ2v) is 5.04. The van der Waals surface area contributed by atoms with Crippen LogP contribution >= 0.6 is 8.60 Å². The van der Waals surface area contributed by atoms with E-state index in [1.807, 2.05) is 60.7 Å². The minimum absolute atomic E-state index is 0.115. The van der Waals surface area contributed by atoms with Crippen LogP contribution in [-0.4, -0.2) is 16.4 Å². The van der Waals surface area contributed by atoms with Gasteiger partial charge in [-0.1, -0.05) is 60.7 Å². The molecule has 0 saturated carbocycles. The van der Waals surface area contributed by atoms with E-state index in [2.05, 4.69) is 6.07 Å². The van der Waals surface area contributed by atoms with Gasteiger partial charge in [-0.2, -0.15) is 5.26 Å². The first kappa shape index (κ1) is 14.6. The predicted molar refractivity (Wildman–Crippen MR) is 76.6 cm³/mol. The zero-order valence-corrected chi connectivity index (χ0v) is 11.6. The van der Waals surface area contributed by atoms with Crippen LogP contribution in [-0.2, 0) is 9.94 Å². The van der Waals surface area contributed by atoms with Crippen molar-refractivity contribution in [3.05, 3.63) is 71.8 Å². The Morgan fingerprint density at radius 2 is 1.40 bits per heavy atom. The third kappa shape index (κ3) is 3.04. The monoisotopic (exact) mass is 287 g/mol. The van der Waals surface area contributed by atoms with Crippen LogP contribution in [0.1, 0.15) is 11.1 Å². The highest BCUT2D eigenvalue weighted by atomic mass is 31.2. The van der Waals surface area contributed by atoms with E-state index in [1.165, 1.54) is 0 Å². The first-order valence-electron chi connectivity index (χ1n) is 6.02. The highest BCUT2D eigenvalue weighted by molar-refractivity contribution is 7.39. The first-order valence-corrected chi connectivity index (χ1v) is 7.18. The van der Waals surface area contributed by atoms with Crippen molar-refractivity contribution < 1.29 is 14.3 Å². The fraction of sp³-hybridized carbons (Fsp3) is 0.133. The molecule has 0 fully saturated rings. The zero-order valence-electron chi connectivity index (χ0n) is 10.7. The molecule has 2 aromatic rings. The third-order valence-electron chi connectivity index (χ3n) is 3.12. The summed E-state index contributed by atoms with van der Waals surface area (Å²) in [5.74, 6) is 0. The maximum absolute atomic E-state index is 9.71. The Morgan fingerprint density at radius 1 is 0.950 bits per heavy atom. The van der Waals surface area contributed by atoms with Crippen LogP contribution in [0.25, 0.3) is 0 Å². The Bertz CT molecular complexity index is 542. The maximum atomic E-state index is 9.71. The van der Waals surface area contributed by atoms with Gasteiger partial charge in [0.25, 0.3) is 0 Å². The summed E-state index contributed by atoms with van der Waals surface area (Å²) in [5, 5.41) is 9.71. The molecule has 4 nitrogen and oxygen atoms in total. The minimum Gasteiger partial charge on any atom is -0.328 e. The van der Waals surface area contributed by atoms with Gasteiger partial charge in [-0.15, -0.1) is 0 Å².